The van der Waals surface area contributed by atoms with Crippen molar-refractivity contribution in [2.45, 2.75) is 26.4 Å². The van der Waals surface area contributed by atoms with E-state index < -0.39 is 5.60 Å². The maximum absolute atomic E-state index is 12.8. The van der Waals surface area contributed by atoms with Gasteiger partial charge in [0.25, 0.3) is 5.91 Å². The smallest absolute Gasteiger partial charge is 0.267 e. The maximum atomic E-state index is 12.8. The molecule has 0 aliphatic rings. The standard InChI is InChI=1S/C24H21ClN2O3/c1-15-7-12-20-21(13-15)29-22(27-20)16-5-4-6-18(14-16)26-23(28)24(2,3)30-19-10-8-17(25)9-11-19/h4-14H,1-3H3,(H,26,28). The van der Waals surface area contributed by atoms with Crippen LogP contribution >= 0.6 is 11.6 Å². The van der Waals surface area contributed by atoms with Crippen LogP contribution in [0.4, 0.5) is 5.69 Å². The summed E-state index contributed by atoms with van der Waals surface area (Å²) in [7, 11) is 0. The molecule has 6 heteroatoms. The summed E-state index contributed by atoms with van der Waals surface area (Å²) in [6.07, 6.45) is 0. The first kappa shape index (κ1) is 20.0. The van der Waals surface area contributed by atoms with Gasteiger partial charge in [0.1, 0.15) is 11.3 Å². The molecule has 0 atom stereocenters. The zero-order chi connectivity index (χ0) is 21.3. The van der Waals surface area contributed by atoms with Gasteiger partial charge in [-0.25, -0.2) is 4.98 Å². The zero-order valence-corrected chi connectivity index (χ0v) is 17.7. The molecule has 4 rings (SSSR count). The van der Waals surface area contributed by atoms with Crippen molar-refractivity contribution in [1.82, 2.24) is 4.98 Å². The van der Waals surface area contributed by atoms with Gasteiger partial charge in [-0.15, -0.1) is 0 Å². The van der Waals surface area contributed by atoms with Crippen LogP contribution in [-0.4, -0.2) is 16.5 Å². The number of hydrogen-bond acceptors (Lipinski definition) is 4. The molecule has 0 fully saturated rings. The van der Waals surface area contributed by atoms with Crippen molar-refractivity contribution in [1.29, 1.82) is 0 Å². The van der Waals surface area contributed by atoms with E-state index in [1.165, 1.54) is 0 Å². The number of hydrogen-bond donors (Lipinski definition) is 1. The number of aryl methyl sites for hydroxylation is 1. The van der Waals surface area contributed by atoms with E-state index >= 15 is 0 Å². The maximum Gasteiger partial charge on any atom is 0.267 e. The van der Waals surface area contributed by atoms with Crippen LogP contribution in [0.25, 0.3) is 22.6 Å². The molecule has 4 aromatic rings. The average molecular weight is 421 g/mol. The van der Waals surface area contributed by atoms with Gasteiger partial charge in [-0.1, -0.05) is 23.7 Å². The molecule has 1 heterocycles. The Kier molecular flexibility index (Phi) is 5.22. The van der Waals surface area contributed by atoms with E-state index in [0.29, 0.717) is 22.4 Å². The average Bonchev–Trinajstić information content (AvgIpc) is 3.13. The molecule has 0 saturated carbocycles. The Balaban J connectivity index is 1.53. The Hall–Kier alpha value is -3.31. The van der Waals surface area contributed by atoms with Crippen molar-refractivity contribution >= 4 is 34.3 Å². The lowest BCUT2D eigenvalue weighted by Gasteiger charge is -2.25. The van der Waals surface area contributed by atoms with Gasteiger partial charge in [0.15, 0.2) is 11.2 Å². The molecule has 152 valence electrons. The Bertz CT molecular complexity index is 1210. The largest absolute Gasteiger partial charge is 0.478 e. The first-order chi connectivity index (χ1) is 14.3. The number of halogens is 1. The third-order valence-corrected chi connectivity index (χ3v) is 4.90. The van der Waals surface area contributed by atoms with Crippen LogP contribution in [0, 0.1) is 6.92 Å². The molecule has 1 amide bonds. The molecule has 0 saturated heterocycles. The van der Waals surface area contributed by atoms with Crippen LogP contribution in [0.5, 0.6) is 5.75 Å². The zero-order valence-electron chi connectivity index (χ0n) is 16.9. The lowest BCUT2D eigenvalue weighted by Crippen LogP contribution is -2.42. The predicted molar refractivity (Wildman–Crippen MR) is 119 cm³/mol. The number of nitrogens with zero attached hydrogens (tertiary/aromatic N) is 1. The lowest BCUT2D eigenvalue weighted by atomic mass is 10.1. The lowest BCUT2D eigenvalue weighted by molar-refractivity contribution is -0.128. The van der Waals surface area contributed by atoms with Gasteiger partial charge in [0.2, 0.25) is 5.89 Å². The van der Waals surface area contributed by atoms with Crippen molar-refractivity contribution < 1.29 is 13.9 Å². The fraction of sp³-hybridized carbons (Fsp3) is 0.167. The van der Waals surface area contributed by atoms with Crippen molar-refractivity contribution in [3.63, 3.8) is 0 Å². The quantitative estimate of drug-likeness (QED) is 0.414. The van der Waals surface area contributed by atoms with Gasteiger partial charge >= 0.3 is 0 Å². The second kappa shape index (κ2) is 7.84. The van der Waals surface area contributed by atoms with Crippen LogP contribution in [0.3, 0.4) is 0 Å². The van der Waals surface area contributed by atoms with Gasteiger partial charge in [-0.3, -0.25) is 4.79 Å². The summed E-state index contributed by atoms with van der Waals surface area (Å²) in [5.41, 5.74) is 2.95. The van der Waals surface area contributed by atoms with E-state index in [9.17, 15) is 4.79 Å². The fourth-order valence-corrected chi connectivity index (χ4v) is 3.14. The molecular weight excluding hydrogens is 400 g/mol. The van der Waals surface area contributed by atoms with Crippen LogP contribution in [0.15, 0.2) is 71.1 Å². The molecule has 1 N–H and O–H groups in total. The summed E-state index contributed by atoms with van der Waals surface area (Å²) < 4.78 is 11.7. The first-order valence-corrected chi connectivity index (χ1v) is 9.92. The Morgan fingerprint density at radius 1 is 1.07 bits per heavy atom. The van der Waals surface area contributed by atoms with Crippen molar-refractivity contribution in [2.75, 3.05) is 5.32 Å². The number of benzene rings is 3. The molecule has 0 bridgehead atoms. The van der Waals surface area contributed by atoms with E-state index in [0.717, 1.165) is 22.2 Å². The van der Waals surface area contributed by atoms with Crippen LogP contribution in [-0.2, 0) is 4.79 Å². The number of aromatic nitrogens is 1. The monoisotopic (exact) mass is 420 g/mol. The number of carbonyl (C=O) groups is 1. The molecule has 0 aliphatic heterocycles. The summed E-state index contributed by atoms with van der Waals surface area (Å²) in [5.74, 6) is 0.793. The highest BCUT2D eigenvalue weighted by molar-refractivity contribution is 6.30. The van der Waals surface area contributed by atoms with E-state index in [4.69, 9.17) is 20.8 Å². The summed E-state index contributed by atoms with van der Waals surface area (Å²) in [5, 5.41) is 3.51. The van der Waals surface area contributed by atoms with Gasteiger partial charge in [0.05, 0.1) is 0 Å². The van der Waals surface area contributed by atoms with Crippen molar-refractivity contribution in [3.8, 4) is 17.2 Å². The Morgan fingerprint density at radius 2 is 1.83 bits per heavy atom. The molecule has 0 spiro atoms. The highest BCUT2D eigenvalue weighted by atomic mass is 35.5. The Morgan fingerprint density at radius 3 is 2.60 bits per heavy atom. The minimum absolute atomic E-state index is 0.275. The number of nitrogens with one attached hydrogen (secondary N) is 1. The van der Waals surface area contributed by atoms with E-state index in [1.54, 1.807) is 38.1 Å². The Labute approximate surface area is 179 Å². The number of anilines is 1. The molecule has 5 nitrogen and oxygen atoms in total. The molecular formula is C24H21ClN2O3. The molecule has 1 aromatic heterocycles. The number of rotatable bonds is 5. The van der Waals surface area contributed by atoms with Gasteiger partial charge in [0, 0.05) is 16.3 Å². The van der Waals surface area contributed by atoms with Crippen LogP contribution < -0.4 is 10.1 Å². The topological polar surface area (TPSA) is 64.4 Å². The summed E-state index contributed by atoms with van der Waals surface area (Å²) in [4.78, 5) is 17.4. The highest BCUT2D eigenvalue weighted by Gasteiger charge is 2.30. The third kappa shape index (κ3) is 4.31. The van der Waals surface area contributed by atoms with Gasteiger partial charge in [-0.05, 0) is 80.9 Å². The second-order valence-electron chi connectivity index (χ2n) is 7.59. The highest BCUT2D eigenvalue weighted by Crippen LogP contribution is 2.28. The van der Waals surface area contributed by atoms with Crippen molar-refractivity contribution in [2.24, 2.45) is 0 Å². The van der Waals surface area contributed by atoms with Crippen LogP contribution in [0.1, 0.15) is 19.4 Å². The van der Waals surface area contributed by atoms with Crippen LogP contribution in [0.2, 0.25) is 5.02 Å². The molecule has 0 aliphatic carbocycles. The first-order valence-electron chi connectivity index (χ1n) is 9.54. The number of oxazole rings is 1. The number of ether oxygens (including phenoxy) is 1. The summed E-state index contributed by atoms with van der Waals surface area (Å²) in [6.45, 7) is 5.43. The van der Waals surface area contributed by atoms with E-state index in [1.807, 2.05) is 49.4 Å². The van der Waals surface area contributed by atoms with Crippen molar-refractivity contribution in [3.05, 3.63) is 77.3 Å². The van der Waals surface area contributed by atoms with Gasteiger partial charge < -0.3 is 14.5 Å². The minimum Gasteiger partial charge on any atom is -0.478 e. The fourth-order valence-electron chi connectivity index (χ4n) is 3.01. The van der Waals surface area contributed by atoms with Gasteiger partial charge in [-0.2, -0.15) is 0 Å². The second-order valence-corrected chi connectivity index (χ2v) is 8.03. The molecule has 0 unspecified atom stereocenters. The number of carbonyl (C=O) groups excluding carboxylic acids is 1. The minimum atomic E-state index is -1.08. The summed E-state index contributed by atoms with van der Waals surface area (Å²) in [6, 6.07) is 20.1. The van der Waals surface area contributed by atoms with E-state index in [-0.39, 0.29) is 5.91 Å². The summed E-state index contributed by atoms with van der Waals surface area (Å²) >= 11 is 5.90. The third-order valence-electron chi connectivity index (χ3n) is 4.64. The number of amides is 1. The van der Waals surface area contributed by atoms with E-state index in [2.05, 4.69) is 10.3 Å². The molecule has 0 radical (unpaired) electrons. The normalized spacial score (nSPS) is 11.5. The molecule has 3 aromatic carbocycles. The molecule has 30 heavy (non-hydrogen) atoms. The number of fused-ring (bicyclic) bond motifs is 1. The SMILES string of the molecule is Cc1ccc2nc(-c3cccc(NC(=O)C(C)(C)Oc4ccc(Cl)cc4)c3)oc2c1. The predicted octanol–water partition coefficient (Wildman–Crippen LogP) is 6.25.